The number of allylic oxidation sites excluding steroid dienone is 3. The van der Waals surface area contributed by atoms with Crippen LogP contribution in [-0.2, 0) is 0 Å². The molecule has 0 unspecified atom stereocenters. The van der Waals surface area contributed by atoms with Gasteiger partial charge in [-0.3, -0.25) is 20.2 Å². The van der Waals surface area contributed by atoms with Crippen LogP contribution in [-0.4, -0.2) is 9.85 Å². The van der Waals surface area contributed by atoms with Crippen molar-refractivity contribution in [3.63, 3.8) is 0 Å². The fourth-order valence-electron chi connectivity index (χ4n) is 2.40. The van der Waals surface area contributed by atoms with Gasteiger partial charge in [0.05, 0.1) is 9.85 Å². The second-order valence-electron chi connectivity index (χ2n) is 4.36. The van der Waals surface area contributed by atoms with Gasteiger partial charge in [-0.2, -0.15) is 0 Å². The maximum Gasteiger partial charge on any atom is 0.270 e. The lowest BCUT2D eigenvalue weighted by Crippen LogP contribution is -2.22. The molecule has 0 fully saturated rings. The molecular weight excluding hydrogens is 248 g/mol. The van der Waals surface area contributed by atoms with Crippen LogP contribution in [0.2, 0.25) is 0 Å². The normalized spacial score (nSPS) is 19.3. The summed E-state index contributed by atoms with van der Waals surface area (Å²) in [5, 5.41) is 23.1. The minimum atomic E-state index is -0.450. The van der Waals surface area contributed by atoms with E-state index in [0.29, 0.717) is 0 Å². The third-order valence-electron chi connectivity index (χ3n) is 3.27. The number of benzene rings is 1. The highest BCUT2D eigenvalue weighted by molar-refractivity contribution is 5.75. The Labute approximate surface area is 107 Å². The second kappa shape index (κ2) is 3.88. The highest BCUT2D eigenvalue weighted by atomic mass is 16.6. The molecule has 2 aliphatic rings. The molecule has 3 rings (SSSR count). The quantitative estimate of drug-likeness (QED) is 0.580. The van der Waals surface area contributed by atoms with Gasteiger partial charge in [0.1, 0.15) is 0 Å². The molecule has 6 heteroatoms. The van der Waals surface area contributed by atoms with Gasteiger partial charge in [0.25, 0.3) is 11.4 Å². The van der Waals surface area contributed by atoms with Gasteiger partial charge < -0.3 is 0 Å². The molecule has 0 saturated carbocycles. The molecule has 0 spiro atoms. The Morgan fingerprint density at radius 2 is 1.79 bits per heavy atom. The average Bonchev–Trinajstić information content (AvgIpc) is 2.74. The van der Waals surface area contributed by atoms with E-state index in [1.54, 1.807) is 18.2 Å². The maximum atomic E-state index is 10.7. The summed E-state index contributed by atoms with van der Waals surface area (Å²) in [6.07, 6.45) is 6.53. The van der Waals surface area contributed by atoms with Gasteiger partial charge in [0.15, 0.2) is 0 Å². The van der Waals surface area contributed by atoms with E-state index in [2.05, 4.69) is 0 Å². The smallest absolute Gasteiger partial charge is 0.258 e. The van der Waals surface area contributed by atoms with E-state index in [1.807, 2.05) is 6.08 Å². The Bertz CT molecular complexity index is 789. The third-order valence-corrected chi connectivity index (χ3v) is 3.27. The monoisotopic (exact) mass is 256 g/mol. The van der Waals surface area contributed by atoms with Crippen LogP contribution in [0.4, 0.5) is 5.69 Å². The van der Waals surface area contributed by atoms with Crippen molar-refractivity contribution in [2.24, 2.45) is 5.92 Å². The lowest BCUT2D eigenvalue weighted by Gasteiger charge is -2.08. The largest absolute Gasteiger partial charge is 0.270 e. The molecule has 0 heterocycles. The van der Waals surface area contributed by atoms with Gasteiger partial charge >= 0.3 is 0 Å². The zero-order valence-corrected chi connectivity index (χ0v) is 9.65. The summed E-state index contributed by atoms with van der Waals surface area (Å²) < 4.78 is 0. The lowest BCUT2D eigenvalue weighted by molar-refractivity contribution is -0.419. The van der Waals surface area contributed by atoms with Crippen LogP contribution in [0, 0.1) is 26.1 Å². The highest BCUT2D eigenvalue weighted by Gasteiger charge is 2.23. The summed E-state index contributed by atoms with van der Waals surface area (Å²) in [4.78, 5) is 20.6. The van der Waals surface area contributed by atoms with Gasteiger partial charge in [0, 0.05) is 30.2 Å². The second-order valence-corrected chi connectivity index (χ2v) is 4.36. The van der Waals surface area contributed by atoms with Crippen LogP contribution in [0.5, 0.6) is 0 Å². The molecule has 2 aliphatic carbocycles. The maximum absolute atomic E-state index is 10.7. The lowest BCUT2D eigenvalue weighted by atomic mass is 9.95. The van der Waals surface area contributed by atoms with Crippen molar-refractivity contribution in [3.8, 4) is 0 Å². The van der Waals surface area contributed by atoms with Gasteiger partial charge in [0.2, 0.25) is 0 Å². The molecule has 0 aromatic heterocycles. The molecule has 0 amide bonds. The molecule has 6 nitrogen and oxygen atoms in total. The first-order chi connectivity index (χ1) is 9.06. The molecule has 94 valence electrons. The molecular formula is C13H8N2O4. The zero-order chi connectivity index (χ0) is 13.6. The molecule has 1 atom stereocenters. The van der Waals surface area contributed by atoms with Crippen LogP contribution >= 0.6 is 0 Å². The number of fused-ring (bicyclic) bond motifs is 2. The van der Waals surface area contributed by atoms with Crippen molar-refractivity contribution in [1.82, 2.24) is 0 Å². The number of nitrogens with zero attached hydrogens (tertiary/aromatic N) is 2. The van der Waals surface area contributed by atoms with Crippen molar-refractivity contribution in [1.29, 1.82) is 0 Å². The molecule has 1 aromatic rings. The number of nitro benzene ring substituents is 1. The minimum Gasteiger partial charge on any atom is -0.258 e. The molecule has 0 radical (unpaired) electrons. The fourth-order valence-corrected chi connectivity index (χ4v) is 2.40. The summed E-state index contributed by atoms with van der Waals surface area (Å²) in [5.41, 5.74) is 1.01. The van der Waals surface area contributed by atoms with E-state index in [0.717, 1.165) is 16.0 Å². The predicted octanol–water partition coefficient (Wildman–Crippen LogP) is 0.886. The van der Waals surface area contributed by atoms with Crippen LogP contribution < -0.4 is 10.4 Å². The van der Waals surface area contributed by atoms with Crippen molar-refractivity contribution in [2.75, 3.05) is 0 Å². The average molecular weight is 256 g/mol. The first kappa shape index (κ1) is 11.3. The van der Waals surface area contributed by atoms with Crippen LogP contribution in [0.1, 0.15) is 0 Å². The number of rotatable bonds is 2. The summed E-state index contributed by atoms with van der Waals surface area (Å²) >= 11 is 0. The van der Waals surface area contributed by atoms with E-state index in [-0.39, 0.29) is 17.3 Å². The van der Waals surface area contributed by atoms with Gasteiger partial charge in [-0.05, 0) is 22.1 Å². The third kappa shape index (κ3) is 1.74. The SMILES string of the molecule is O=[N+]([O-])C1=C[C@@H]2C=c3cc([N+](=O)[O-])ccc3=C2C=C1. The molecule has 0 N–H and O–H groups in total. The number of nitro groups is 2. The summed E-state index contributed by atoms with van der Waals surface area (Å²) in [7, 11) is 0. The van der Waals surface area contributed by atoms with E-state index < -0.39 is 9.85 Å². The highest BCUT2D eigenvalue weighted by Crippen LogP contribution is 2.26. The van der Waals surface area contributed by atoms with Gasteiger partial charge in [-0.15, -0.1) is 0 Å². The van der Waals surface area contributed by atoms with Crippen LogP contribution in [0.3, 0.4) is 0 Å². The molecule has 1 aromatic carbocycles. The summed E-state index contributed by atoms with van der Waals surface area (Å²) in [6.45, 7) is 0. The molecule has 19 heavy (non-hydrogen) atoms. The summed E-state index contributed by atoms with van der Waals surface area (Å²) in [6, 6.07) is 4.63. The molecule has 0 bridgehead atoms. The Balaban J connectivity index is 2.18. The number of non-ortho nitro benzene ring substituents is 1. The Hall–Kier alpha value is -2.76. The summed E-state index contributed by atoms with van der Waals surface area (Å²) in [5.74, 6) is -0.178. The minimum absolute atomic E-state index is 0.0247. The van der Waals surface area contributed by atoms with E-state index in [4.69, 9.17) is 0 Å². The Morgan fingerprint density at radius 3 is 2.47 bits per heavy atom. The molecule has 0 aliphatic heterocycles. The van der Waals surface area contributed by atoms with Gasteiger partial charge in [-0.1, -0.05) is 12.2 Å². The van der Waals surface area contributed by atoms with Crippen molar-refractivity contribution < 1.29 is 9.85 Å². The van der Waals surface area contributed by atoms with Crippen molar-refractivity contribution >= 4 is 17.3 Å². The van der Waals surface area contributed by atoms with Crippen LogP contribution in [0.25, 0.3) is 11.6 Å². The number of hydrogen-bond donors (Lipinski definition) is 0. The van der Waals surface area contributed by atoms with Crippen molar-refractivity contribution in [3.05, 3.63) is 72.8 Å². The first-order valence-electron chi connectivity index (χ1n) is 5.61. The fraction of sp³-hybridized carbons (Fsp3) is 0.0769. The first-order valence-corrected chi connectivity index (χ1v) is 5.61. The number of hydrogen-bond acceptors (Lipinski definition) is 4. The molecule has 0 saturated heterocycles. The standard InChI is InChI=1S/C13H8N2O4/c16-14(17)10-1-3-12-8(6-10)5-9-7-11(15(18)19)2-4-13(9)12/h1-8H/t8-/m0/s1. The van der Waals surface area contributed by atoms with Crippen molar-refractivity contribution in [2.45, 2.75) is 0 Å². The van der Waals surface area contributed by atoms with E-state index in [1.165, 1.54) is 18.2 Å². The zero-order valence-electron chi connectivity index (χ0n) is 9.65. The van der Waals surface area contributed by atoms with E-state index in [9.17, 15) is 20.2 Å². The Kier molecular flexibility index (Phi) is 2.31. The Morgan fingerprint density at radius 1 is 1.00 bits per heavy atom. The predicted molar refractivity (Wildman–Crippen MR) is 67.9 cm³/mol. The topological polar surface area (TPSA) is 86.3 Å². The van der Waals surface area contributed by atoms with Gasteiger partial charge in [-0.25, -0.2) is 0 Å². The van der Waals surface area contributed by atoms with E-state index >= 15 is 0 Å². The van der Waals surface area contributed by atoms with Crippen LogP contribution in [0.15, 0.2) is 42.1 Å².